The zero-order chi connectivity index (χ0) is 54.6. The van der Waals surface area contributed by atoms with Crippen LogP contribution in [0.4, 0.5) is 0 Å². The molecule has 0 saturated carbocycles. The van der Waals surface area contributed by atoms with Gasteiger partial charge in [-0.2, -0.15) is 0 Å². The Balaban J connectivity index is 0.00000820. The van der Waals surface area contributed by atoms with Crippen molar-refractivity contribution in [3.8, 4) is 67.5 Å². The minimum Gasteiger partial charge on any atom is -0.507 e. The maximum atomic E-state index is 11.4. The van der Waals surface area contributed by atoms with E-state index >= 15 is 0 Å². The van der Waals surface area contributed by atoms with E-state index in [2.05, 4.69) is 50.0 Å². The largest absolute Gasteiger partial charge is 0.507 e. The molecule has 2 heterocycles. The van der Waals surface area contributed by atoms with E-state index in [1.54, 1.807) is 24.3 Å². The Kier molecular flexibility index (Phi) is 6.95. The average Bonchev–Trinajstić information content (AvgIpc) is 3.70. The third kappa shape index (κ3) is 8.47. The first-order valence-electron chi connectivity index (χ1n) is 26.9. The van der Waals surface area contributed by atoms with Gasteiger partial charge in [0.15, 0.2) is 0 Å². The van der Waals surface area contributed by atoms with Crippen LogP contribution in [0.2, 0.25) is 0 Å². The molecule has 8 rings (SSSR count). The predicted octanol–water partition coefficient (Wildman–Crippen LogP) is 14.2. The molecule has 0 bridgehead atoms. The van der Waals surface area contributed by atoms with Crippen LogP contribution in [0.1, 0.15) is 101 Å². The van der Waals surface area contributed by atoms with Crippen LogP contribution in [-0.2, 0) is 37.3 Å². The number of phenolic OH excluding ortho intramolecular Hbond substituents is 1. The molecule has 0 aliphatic heterocycles. The van der Waals surface area contributed by atoms with E-state index < -0.39 is 90.5 Å². The average molecular weight is 970 g/mol. The summed E-state index contributed by atoms with van der Waals surface area (Å²) in [4.78, 5) is 9.63. The number of imidazole rings is 1. The molecule has 0 aliphatic carbocycles. The molecular formula is C54H52N3OPt-. The summed E-state index contributed by atoms with van der Waals surface area (Å²) in [6, 6.07) is 29.6. The van der Waals surface area contributed by atoms with Gasteiger partial charge in [0.1, 0.15) is 11.6 Å². The predicted molar refractivity (Wildman–Crippen MR) is 243 cm³/mol. The van der Waals surface area contributed by atoms with Gasteiger partial charge in [0, 0.05) is 51.0 Å². The van der Waals surface area contributed by atoms with Gasteiger partial charge in [-0.15, -0.1) is 29.3 Å². The molecule has 4 nitrogen and oxygen atoms in total. The fourth-order valence-corrected chi connectivity index (χ4v) is 6.86. The molecule has 0 saturated heterocycles. The van der Waals surface area contributed by atoms with E-state index in [4.69, 9.17) is 25.5 Å². The Hall–Kier alpha value is -5.57. The molecule has 6 aromatic carbocycles. The number of aromatic nitrogens is 3. The number of para-hydroxylation sites is 2. The molecular weight excluding hydrogens is 902 g/mol. The van der Waals surface area contributed by atoms with Crippen molar-refractivity contribution in [3.63, 3.8) is 0 Å². The Morgan fingerprint density at radius 1 is 0.610 bits per heavy atom. The van der Waals surface area contributed by atoms with Crippen molar-refractivity contribution in [2.45, 2.75) is 78.3 Å². The molecule has 5 heteroatoms. The molecule has 0 unspecified atom stereocenters. The quantitative estimate of drug-likeness (QED) is 0.169. The van der Waals surface area contributed by atoms with Crippen LogP contribution in [0.25, 0.3) is 72.7 Å². The molecule has 59 heavy (non-hydrogen) atoms. The first kappa shape index (κ1) is 25.8. The number of hydrogen-bond acceptors (Lipinski definition) is 3. The van der Waals surface area contributed by atoms with Gasteiger partial charge in [0.05, 0.1) is 26.2 Å². The van der Waals surface area contributed by atoms with Crippen molar-refractivity contribution in [1.82, 2.24) is 14.5 Å². The van der Waals surface area contributed by atoms with Gasteiger partial charge in [0.25, 0.3) is 0 Å². The van der Waals surface area contributed by atoms with E-state index in [0.29, 0.717) is 39.1 Å². The Labute approximate surface area is 386 Å². The van der Waals surface area contributed by atoms with Crippen molar-refractivity contribution in [2.75, 3.05) is 0 Å². The molecule has 300 valence electrons. The van der Waals surface area contributed by atoms with Crippen molar-refractivity contribution >= 4 is 11.0 Å². The van der Waals surface area contributed by atoms with Crippen molar-refractivity contribution in [3.05, 3.63) is 168 Å². The minimum atomic E-state index is -3.92. The van der Waals surface area contributed by atoms with Crippen molar-refractivity contribution in [1.29, 1.82) is 0 Å². The maximum Gasteiger partial charge on any atom is 0.148 e. The number of aromatic hydroxyl groups is 1. The molecule has 8 aromatic rings. The number of rotatable bonds is 6. The van der Waals surface area contributed by atoms with Gasteiger partial charge in [-0.25, -0.2) is 4.98 Å². The summed E-state index contributed by atoms with van der Waals surface area (Å²) in [5, 5.41) is 11.4. The van der Waals surface area contributed by atoms with E-state index in [1.165, 1.54) is 0 Å². The van der Waals surface area contributed by atoms with Crippen molar-refractivity contribution < 1.29 is 48.1 Å². The van der Waals surface area contributed by atoms with Crippen LogP contribution >= 0.6 is 0 Å². The minimum absolute atomic E-state index is 0. The zero-order valence-corrected chi connectivity index (χ0v) is 35.7. The second-order valence-corrected chi connectivity index (χ2v) is 16.5. The first-order chi connectivity index (χ1) is 34.2. The van der Waals surface area contributed by atoms with Gasteiger partial charge >= 0.3 is 0 Å². The molecule has 2 aromatic heterocycles. The normalized spacial score (nSPS) is 16.6. The Bertz CT molecular complexity index is 3470. The second kappa shape index (κ2) is 15.9. The fraction of sp³-hybridized carbons (Fsp3) is 0.222. The number of benzene rings is 6. The van der Waals surface area contributed by atoms with Crippen LogP contribution < -0.4 is 0 Å². The number of phenols is 1. The van der Waals surface area contributed by atoms with E-state index in [0.717, 1.165) is 22.4 Å². The van der Waals surface area contributed by atoms with Gasteiger partial charge in [-0.1, -0.05) is 164 Å². The summed E-state index contributed by atoms with van der Waals surface area (Å²) in [6.45, 7) is 0.525. The smallest absolute Gasteiger partial charge is 0.148 e. The first-order valence-corrected chi connectivity index (χ1v) is 18.9. The summed E-state index contributed by atoms with van der Waals surface area (Å²) in [6.07, 6.45) is -0.745. The number of fused-ring (bicyclic) bond motifs is 1. The Morgan fingerprint density at radius 3 is 1.97 bits per heavy atom. The fourth-order valence-electron chi connectivity index (χ4n) is 6.86. The summed E-state index contributed by atoms with van der Waals surface area (Å²) >= 11 is 0. The number of hydrogen-bond donors (Lipinski definition) is 1. The summed E-state index contributed by atoms with van der Waals surface area (Å²) in [5.74, 6) is 0.438. The topological polar surface area (TPSA) is 50.9 Å². The Morgan fingerprint density at radius 2 is 1.27 bits per heavy atom. The second-order valence-electron chi connectivity index (χ2n) is 16.5. The van der Waals surface area contributed by atoms with Crippen LogP contribution in [0, 0.1) is 6.07 Å². The SMILES string of the molecule is [2H]c1nc(-c2[c-]c(-c3cccc4c3nc(-c3ccccc3O)n4-c3cc(-c4ccccc4)cc(C(C)(C)C)c3)cc(C(C)(C)C)c2)c([2H])c(-c2c([2H])c([2H])c(C(C([2H])([2H])[2H])(C([2H])([2H])[2H])C([2H])([2H])[2H])c([2H])c2[2H])c1[2H].[Pt]. The van der Waals surface area contributed by atoms with Gasteiger partial charge < -0.3 is 5.11 Å². The number of nitrogens with zero attached hydrogens (tertiary/aromatic N) is 3. The van der Waals surface area contributed by atoms with E-state index in [9.17, 15) is 6.48 Å². The van der Waals surface area contributed by atoms with Crippen LogP contribution in [0.5, 0.6) is 5.75 Å². The third-order valence-electron chi connectivity index (χ3n) is 10.1. The molecule has 0 atom stereocenters. The summed E-state index contributed by atoms with van der Waals surface area (Å²) in [7, 11) is 0. The van der Waals surface area contributed by atoms with Crippen LogP contribution in [-0.4, -0.2) is 19.6 Å². The van der Waals surface area contributed by atoms with Crippen molar-refractivity contribution in [2.24, 2.45) is 0 Å². The molecule has 0 fully saturated rings. The van der Waals surface area contributed by atoms with Gasteiger partial charge in [-0.05, 0) is 86.0 Å². The van der Waals surface area contributed by atoms with Crippen LogP contribution in [0.3, 0.4) is 0 Å². The maximum absolute atomic E-state index is 11.4. The standard InChI is InChI=1S/C54H52N3O.Pt/c1-52(2,3)41-24-22-36(23-25-41)37-26-27-55-47(33-37)40-28-39(30-42(31-40)53(4,5)6)45-19-15-20-48-50(45)56-51(46-18-13-14-21-49(46)58)57(48)44-32-38(35-16-11-10-12-17-35)29-43(34-44)54(7,8)9;/h10-27,29-34,58H,1-9H3;/q-1;/i1D3,2D3,3D3,22D,23D,24D,25D,26D,27D,33D;. The van der Waals surface area contributed by atoms with E-state index in [-0.39, 0.29) is 43.5 Å². The van der Waals surface area contributed by atoms with Gasteiger partial charge in [-0.3, -0.25) is 9.55 Å². The van der Waals surface area contributed by atoms with Crippen LogP contribution in [0.15, 0.2) is 146 Å². The molecule has 0 radical (unpaired) electrons. The zero-order valence-electron chi connectivity index (χ0n) is 49.4. The molecule has 0 spiro atoms. The monoisotopic (exact) mass is 969 g/mol. The van der Waals surface area contributed by atoms with Gasteiger partial charge in [0.2, 0.25) is 0 Å². The molecule has 0 amide bonds. The molecule has 1 N–H and O–H groups in total. The number of pyridine rings is 1. The summed E-state index contributed by atoms with van der Waals surface area (Å²) < 4.78 is 140. The summed E-state index contributed by atoms with van der Waals surface area (Å²) in [5.41, 5.74) is -0.484. The van der Waals surface area contributed by atoms with E-state index in [1.807, 2.05) is 86.0 Å². The molecule has 0 aliphatic rings. The third-order valence-corrected chi connectivity index (χ3v) is 10.1.